The van der Waals surface area contributed by atoms with Gasteiger partial charge in [0.05, 0.1) is 11.8 Å². The number of benzene rings is 2. The molecule has 4 nitrogen and oxygen atoms in total. The summed E-state index contributed by atoms with van der Waals surface area (Å²) in [6.07, 6.45) is 8.47. The van der Waals surface area contributed by atoms with Crippen LogP contribution in [0.25, 0.3) is 0 Å². The molecule has 2 aromatic rings. The number of ether oxygens (including phenoxy) is 1. The molecular formula is C21H23BrN2O2. The number of carbonyl (C=O) groups excluding carboxylic acids is 1. The van der Waals surface area contributed by atoms with Gasteiger partial charge in [0.2, 0.25) is 0 Å². The quantitative estimate of drug-likeness (QED) is 0.307. The Morgan fingerprint density at radius 1 is 1.08 bits per heavy atom. The van der Waals surface area contributed by atoms with Gasteiger partial charge in [0.25, 0.3) is 0 Å². The molecule has 0 heterocycles. The second-order valence-corrected chi connectivity index (χ2v) is 7.51. The Balaban J connectivity index is 1.47. The highest BCUT2D eigenvalue weighted by Gasteiger charge is 2.12. The van der Waals surface area contributed by atoms with Gasteiger partial charge in [-0.1, -0.05) is 35.2 Å². The predicted molar refractivity (Wildman–Crippen MR) is 108 cm³/mol. The second kappa shape index (κ2) is 9.53. The van der Waals surface area contributed by atoms with E-state index in [2.05, 4.69) is 26.5 Å². The van der Waals surface area contributed by atoms with E-state index in [0.29, 0.717) is 11.3 Å². The molecule has 0 unspecified atom stereocenters. The molecular weight excluding hydrogens is 392 g/mol. The molecule has 0 radical (unpaired) electrons. The number of hydrogen-bond donors (Lipinski definition) is 1. The molecule has 1 aliphatic carbocycles. The fourth-order valence-corrected chi connectivity index (χ4v) is 3.33. The fraction of sp³-hybridized carbons (Fsp3) is 0.333. The largest absolute Gasteiger partial charge is 0.423 e. The van der Waals surface area contributed by atoms with Gasteiger partial charge in [-0.3, -0.25) is 0 Å². The van der Waals surface area contributed by atoms with Crippen LogP contribution in [0.5, 0.6) is 5.75 Å². The third-order valence-corrected chi connectivity index (χ3v) is 5.11. The van der Waals surface area contributed by atoms with Crippen LogP contribution in [0.2, 0.25) is 0 Å². The van der Waals surface area contributed by atoms with Crippen LogP contribution in [0.15, 0.2) is 58.1 Å². The van der Waals surface area contributed by atoms with E-state index in [-0.39, 0.29) is 5.97 Å². The van der Waals surface area contributed by atoms with E-state index in [9.17, 15) is 4.79 Å². The van der Waals surface area contributed by atoms with Crippen LogP contribution < -0.4 is 10.2 Å². The van der Waals surface area contributed by atoms with Crippen LogP contribution in [-0.4, -0.2) is 18.7 Å². The lowest BCUT2D eigenvalue weighted by molar-refractivity contribution is 0.0735. The number of hydrogen-bond acceptors (Lipinski definition) is 4. The third kappa shape index (κ3) is 5.70. The molecule has 1 N–H and O–H groups in total. The molecule has 136 valence electrons. The normalized spacial score (nSPS) is 15.1. The van der Waals surface area contributed by atoms with E-state index in [0.717, 1.165) is 22.5 Å². The molecule has 5 heteroatoms. The Labute approximate surface area is 162 Å². The summed E-state index contributed by atoms with van der Waals surface area (Å²) in [7, 11) is 0. The highest BCUT2D eigenvalue weighted by atomic mass is 79.9. The Morgan fingerprint density at radius 2 is 1.77 bits per heavy atom. The number of carbonyl (C=O) groups is 1. The number of rotatable bonds is 6. The summed E-state index contributed by atoms with van der Waals surface area (Å²) in [6.45, 7) is 0.944. The van der Waals surface area contributed by atoms with Crippen molar-refractivity contribution in [3.05, 3.63) is 64.1 Å². The summed E-state index contributed by atoms with van der Waals surface area (Å²) >= 11 is 3.35. The lowest BCUT2D eigenvalue weighted by Crippen LogP contribution is -2.20. The zero-order valence-corrected chi connectivity index (χ0v) is 16.2. The van der Waals surface area contributed by atoms with Crippen molar-refractivity contribution in [3.63, 3.8) is 0 Å². The number of halogens is 1. The average molecular weight is 415 g/mol. The van der Waals surface area contributed by atoms with Gasteiger partial charge in [-0.25, -0.2) is 4.79 Å². The summed E-state index contributed by atoms with van der Waals surface area (Å²) in [5.41, 5.74) is 4.64. The lowest BCUT2D eigenvalue weighted by atomic mass is 9.89. The molecule has 0 aliphatic heterocycles. The van der Waals surface area contributed by atoms with Crippen LogP contribution in [0, 0.1) is 5.92 Å². The zero-order valence-electron chi connectivity index (χ0n) is 14.7. The third-order valence-electron chi connectivity index (χ3n) is 4.58. The van der Waals surface area contributed by atoms with Gasteiger partial charge in [0.1, 0.15) is 5.75 Å². The van der Waals surface area contributed by atoms with E-state index in [1.165, 1.54) is 32.1 Å². The van der Waals surface area contributed by atoms with Gasteiger partial charge in [-0.05, 0) is 72.9 Å². The maximum Gasteiger partial charge on any atom is 0.343 e. The number of nitrogens with zero attached hydrogens (tertiary/aromatic N) is 1. The highest BCUT2D eigenvalue weighted by Crippen LogP contribution is 2.22. The molecule has 1 aliphatic rings. The summed E-state index contributed by atoms with van der Waals surface area (Å²) in [5, 5.41) is 4.29. The first kappa shape index (κ1) is 18.6. The Hall–Kier alpha value is -2.14. The first-order valence-corrected chi connectivity index (χ1v) is 9.84. The predicted octanol–water partition coefficient (Wildman–Crippen LogP) is 5.17. The minimum absolute atomic E-state index is 0.368. The van der Waals surface area contributed by atoms with Crippen molar-refractivity contribution < 1.29 is 9.53 Å². The lowest BCUT2D eigenvalue weighted by Gasteiger charge is -2.20. The minimum atomic E-state index is -0.368. The van der Waals surface area contributed by atoms with Crippen LogP contribution >= 0.6 is 15.9 Å². The number of esters is 1. The molecule has 0 saturated heterocycles. The topological polar surface area (TPSA) is 50.7 Å². The van der Waals surface area contributed by atoms with Crippen molar-refractivity contribution in [3.8, 4) is 5.75 Å². The van der Waals surface area contributed by atoms with Gasteiger partial charge >= 0.3 is 5.97 Å². The monoisotopic (exact) mass is 414 g/mol. The average Bonchev–Trinajstić information content (AvgIpc) is 2.68. The van der Waals surface area contributed by atoms with Gasteiger partial charge in [0.15, 0.2) is 0 Å². The van der Waals surface area contributed by atoms with Crippen molar-refractivity contribution in [2.24, 2.45) is 11.0 Å². The number of nitrogens with one attached hydrogen (secondary N) is 1. The smallest absolute Gasteiger partial charge is 0.343 e. The Bertz CT molecular complexity index is 736. The minimum Gasteiger partial charge on any atom is -0.423 e. The summed E-state index contributed by atoms with van der Waals surface area (Å²) < 4.78 is 6.31. The van der Waals surface area contributed by atoms with Crippen LogP contribution in [0.3, 0.4) is 0 Å². The Morgan fingerprint density at radius 3 is 2.46 bits per heavy atom. The molecule has 0 spiro atoms. The van der Waals surface area contributed by atoms with E-state index in [1.54, 1.807) is 30.5 Å². The standard InChI is InChI=1S/C21H23BrN2O2/c22-19-10-8-18(9-11-19)21(25)26-20-12-6-17(7-13-20)15-24-23-14-16-4-2-1-3-5-16/h6-13,15-16,23H,1-5,14H2/b24-15+. The SMILES string of the molecule is O=C(Oc1ccc(/C=N/NCC2CCCCC2)cc1)c1ccc(Br)cc1. The van der Waals surface area contributed by atoms with Gasteiger partial charge in [-0.15, -0.1) is 0 Å². The molecule has 2 aromatic carbocycles. The van der Waals surface area contributed by atoms with Crippen LogP contribution in [0.1, 0.15) is 48.0 Å². The molecule has 1 saturated carbocycles. The molecule has 0 amide bonds. The van der Waals surface area contributed by atoms with Gasteiger partial charge in [0, 0.05) is 11.0 Å². The van der Waals surface area contributed by atoms with Gasteiger partial charge in [-0.2, -0.15) is 5.10 Å². The van der Waals surface area contributed by atoms with Crippen molar-refractivity contribution in [1.29, 1.82) is 0 Å². The molecule has 0 bridgehead atoms. The van der Waals surface area contributed by atoms with Crippen LogP contribution in [0.4, 0.5) is 0 Å². The summed E-state index contributed by atoms with van der Waals surface area (Å²) in [4.78, 5) is 12.1. The summed E-state index contributed by atoms with van der Waals surface area (Å²) in [5.74, 6) is 0.902. The van der Waals surface area contributed by atoms with E-state index >= 15 is 0 Å². The van der Waals surface area contributed by atoms with E-state index < -0.39 is 0 Å². The zero-order chi connectivity index (χ0) is 18.2. The Kier molecular flexibility index (Phi) is 6.83. The summed E-state index contributed by atoms with van der Waals surface area (Å²) in [6, 6.07) is 14.4. The second-order valence-electron chi connectivity index (χ2n) is 6.59. The number of hydrazone groups is 1. The molecule has 0 aromatic heterocycles. The van der Waals surface area contributed by atoms with Crippen molar-refractivity contribution >= 4 is 28.1 Å². The van der Waals surface area contributed by atoms with Crippen molar-refractivity contribution in [2.45, 2.75) is 32.1 Å². The fourth-order valence-electron chi connectivity index (χ4n) is 3.07. The first-order chi connectivity index (χ1) is 12.7. The van der Waals surface area contributed by atoms with E-state index in [1.807, 2.05) is 24.3 Å². The molecule has 1 fully saturated rings. The highest BCUT2D eigenvalue weighted by molar-refractivity contribution is 9.10. The maximum atomic E-state index is 12.1. The van der Waals surface area contributed by atoms with Crippen molar-refractivity contribution in [1.82, 2.24) is 5.43 Å². The molecule has 26 heavy (non-hydrogen) atoms. The molecule has 0 atom stereocenters. The van der Waals surface area contributed by atoms with E-state index in [4.69, 9.17) is 4.74 Å². The first-order valence-electron chi connectivity index (χ1n) is 9.04. The maximum absolute atomic E-state index is 12.1. The van der Waals surface area contributed by atoms with Crippen LogP contribution in [-0.2, 0) is 0 Å². The van der Waals surface area contributed by atoms with Crippen molar-refractivity contribution in [2.75, 3.05) is 6.54 Å². The van der Waals surface area contributed by atoms with Gasteiger partial charge < -0.3 is 10.2 Å². The molecule has 3 rings (SSSR count).